The van der Waals surface area contributed by atoms with Crippen LogP contribution in [0.25, 0.3) is 0 Å². The van der Waals surface area contributed by atoms with Gasteiger partial charge in [0.1, 0.15) is 5.15 Å². The standard InChI is InChI=1S/C11H16ClN3/c1-2-15(7-9-3-4-9)8-10-5-14-11(12)6-13-10/h5-6,9H,2-4,7-8H2,1H3. The quantitative estimate of drug-likeness (QED) is 0.771. The van der Waals surface area contributed by atoms with Crippen molar-refractivity contribution in [2.24, 2.45) is 5.92 Å². The van der Waals surface area contributed by atoms with E-state index in [1.807, 2.05) is 0 Å². The molecule has 0 bridgehead atoms. The lowest BCUT2D eigenvalue weighted by atomic mass is 10.3. The third-order valence-corrected chi connectivity index (χ3v) is 2.92. The smallest absolute Gasteiger partial charge is 0.147 e. The van der Waals surface area contributed by atoms with Crippen molar-refractivity contribution in [3.05, 3.63) is 23.2 Å². The first-order chi connectivity index (χ1) is 7.28. The Labute approximate surface area is 95.5 Å². The van der Waals surface area contributed by atoms with Crippen LogP contribution in [0.4, 0.5) is 0 Å². The van der Waals surface area contributed by atoms with Gasteiger partial charge >= 0.3 is 0 Å². The fraction of sp³-hybridized carbons (Fsp3) is 0.636. The predicted octanol–water partition coefficient (Wildman–Crippen LogP) is 2.36. The summed E-state index contributed by atoms with van der Waals surface area (Å²) in [6, 6.07) is 0. The zero-order chi connectivity index (χ0) is 10.7. The number of nitrogens with zero attached hydrogens (tertiary/aromatic N) is 3. The van der Waals surface area contributed by atoms with E-state index in [0.717, 1.165) is 24.7 Å². The molecule has 15 heavy (non-hydrogen) atoms. The minimum absolute atomic E-state index is 0.462. The molecular weight excluding hydrogens is 210 g/mol. The molecule has 1 aromatic rings. The van der Waals surface area contributed by atoms with E-state index in [1.54, 1.807) is 12.4 Å². The Kier molecular flexibility index (Phi) is 3.54. The molecule has 0 aliphatic heterocycles. The van der Waals surface area contributed by atoms with Crippen LogP contribution in [0, 0.1) is 5.92 Å². The molecule has 0 unspecified atom stereocenters. The summed E-state index contributed by atoms with van der Waals surface area (Å²) >= 11 is 5.69. The fourth-order valence-corrected chi connectivity index (χ4v) is 1.72. The van der Waals surface area contributed by atoms with Gasteiger partial charge in [-0.3, -0.25) is 9.88 Å². The molecule has 1 aliphatic rings. The Morgan fingerprint density at radius 3 is 2.73 bits per heavy atom. The van der Waals surface area contributed by atoms with Gasteiger partial charge in [-0.1, -0.05) is 18.5 Å². The van der Waals surface area contributed by atoms with E-state index in [-0.39, 0.29) is 0 Å². The summed E-state index contributed by atoms with van der Waals surface area (Å²) in [4.78, 5) is 10.7. The Balaban J connectivity index is 1.89. The van der Waals surface area contributed by atoms with Crippen LogP contribution in [0.3, 0.4) is 0 Å². The van der Waals surface area contributed by atoms with Crippen LogP contribution in [0.1, 0.15) is 25.5 Å². The van der Waals surface area contributed by atoms with E-state index >= 15 is 0 Å². The van der Waals surface area contributed by atoms with Gasteiger partial charge in [0.25, 0.3) is 0 Å². The molecule has 0 radical (unpaired) electrons. The zero-order valence-electron chi connectivity index (χ0n) is 8.99. The van der Waals surface area contributed by atoms with E-state index < -0.39 is 0 Å². The summed E-state index contributed by atoms with van der Waals surface area (Å²) in [6.07, 6.45) is 6.16. The molecule has 1 fully saturated rings. The van der Waals surface area contributed by atoms with Crippen molar-refractivity contribution in [3.8, 4) is 0 Å². The summed E-state index contributed by atoms with van der Waals surface area (Å²) in [5, 5.41) is 0.462. The van der Waals surface area contributed by atoms with Gasteiger partial charge in [0, 0.05) is 13.1 Å². The Morgan fingerprint density at radius 2 is 2.20 bits per heavy atom. The van der Waals surface area contributed by atoms with Crippen LogP contribution < -0.4 is 0 Å². The minimum atomic E-state index is 0.462. The van der Waals surface area contributed by atoms with Gasteiger partial charge in [0.2, 0.25) is 0 Å². The molecule has 0 atom stereocenters. The second-order valence-electron chi connectivity index (χ2n) is 4.10. The summed E-state index contributed by atoms with van der Waals surface area (Å²) in [7, 11) is 0. The van der Waals surface area contributed by atoms with Gasteiger partial charge in [-0.15, -0.1) is 0 Å². The topological polar surface area (TPSA) is 29.0 Å². The Bertz CT molecular complexity index is 308. The van der Waals surface area contributed by atoms with Crippen molar-refractivity contribution in [1.82, 2.24) is 14.9 Å². The zero-order valence-corrected chi connectivity index (χ0v) is 9.74. The maximum Gasteiger partial charge on any atom is 0.147 e. The number of aromatic nitrogens is 2. The van der Waals surface area contributed by atoms with E-state index in [1.165, 1.54) is 19.4 Å². The SMILES string of the molecule is CCN(Cc1cnc(Cl)cn1)CC1CC1. The highest BCUT2D eigenvalue weighted by atomic mass is 35.5. The third-order valence-electron chi connectivity index (χ3n) is 2.72. The van der Waals surface area contributed by atoms with Crippen LogP contribution in [0.5, 0.6) is 0 Å². The first-order valence-corrected chi connectivity index (χ1v) is 5.84. The molecule has 0 N–H and O–H groups in total. The predicted molar refractivity (Wildman–Crippen MR) is 60.7 cm³/mol. The highest BCUT2D eigenvalue weighted by Gasteiger charge is 2.23. The van der Waals surface area contributed by atoms with Gasteiger partial charge in [0.05, 0.1) is 18.1 Å². The summed E-state index contributed by atoms with van der Waals surface area (Å²) in [6.45, 7) is 5.34. The van der Waals surface area contributed by atoms with Crippen molar-refractivity contribution in [3.63, 3.8) is 0 Å². The van der Waals surface area contributed by atoms with E-state index in [0.29, 0.717) is 5.15 Å². The van der Waals surface area contributed by atoms with Gasteiger partial charge < -0.3 is 0 Å². The molecule has 4 heteroatoms. The summed E-state index contributed by atoms with van der Waals surface area (Å²) < 4.78 is 0. The first kappa shape index (κ1) is 10.8. The van der Waals surface area contributed by atoms with Crippen molar-refractivity contribution < 1.29 is 0 Å². The number of hydrogen-bond acceptors (Lipinski definition) is 3. The van der Waals surface area contributed by atoms with Crippen LogP contribution in [0.2, 0.25) is 5.15 Å². The van der Waals surface area contributed by atoms with Crippen molar-refractivity contribution in [2.45, 2.75) is 26.3 Å². The van der Waals surface area contributed by atoms with Crippen LogP contribution in [-0.2, 0) is 6.54 Å². The van der Waals surface area contributed by atoms with Gasteiger partial charge in [-0.25, -0.2) is 4.98 Å². The first-order valence-electron chi connectivity index (χ1n) is 5.46. The van der Waals surface area contributed by atoms with Gasteiger partial charge in [-0.05, 0) is 25.3 Å². The van der Waals surface area contributed by atoms with E-state index in [4.69, 9.17) is 11.6 Å². The second kappa shape index (κ2) is 4.90. The molecule has 0 spiro atoms. The maximum atomic E-state index is 5.69. The van der Waals surface area contributed by atoms with E-state index in [2.05, 4.69) is 21.8 Å². The number of rotatable bonds is 5. The Hall–Kier alpha value is -0.670. The lowest BCUT2D eigenvalue weighted by Gasteiger charge is -2.19. The largest absolute Gasteiger partial charge is 0.297 e. The van der Waals surface area contributed by atoms with Crippen LogP contribution >= 0.6 is 11.6 Å². The van der Waals surface area contributed by atoms with Crippen LogP contribution in [0.15, 0.2) is 12.4 Å². The molecular formula is C11H16ClN3. The van der Waals surface area contributed by atoms with Gasteiger partial charge in [0.15, 0.2) is 0 Å². The van der Waals surface area contributed by atoms with E-state index in [9.17, 15) is 0 Å². The Morgan fingerprint density at radius 1 is 1.40 bits per heavy atom. The third kappa shape index (κ3) is 3.43. The normalized spacial score (nSPS) is 15.9. The number of hydrogen-bond donors (Lipinski definition) is 0. The lowest BCUT2D eigenvalue weighted by molar-refractivity contribution is 0.265. The molecule has 1 saturated carbocycles. The molecule has 2 rings (SSSR count). The van der Waals surface area contributed by atoms with Crippen LogP contribution in [-0.4, -0.2) is 28.0 Å². The highest BCUT2D eigenvalue weighted by molar-refractivity contribution is 6.29. The van der Waals surface area contributed by atoms with Gasteiger partial charge in [-0.2, -0.15) is 0 Å². The molecule has 0 saturated heterocycles. The maximum absolute atomic E-state index is 5.69. The summed E-state index contributed by atoms with van der Waals surface area (Å²) in [5.74, 6) is 0.921. The average Bonchev–Trinajstić information content (AvgIpc) is 3.04. The molecule has 0 amide bonds. The second-order valence-corrected chi connectivity index (χ2v) is 4.49. The number of halogens is 1. The van der Waals surface area contributed by atoms with Crippen molar-refractivity contribution in [1.29, 1.82) is 0 Å². The van der Waals surface area contributed by atoms with Crippen molar-refractivity contribution in [2.75, 3.05) is 13.1 Å². The molecule has 82 valence electrons. The fourth-order valence-electron chi connectivity index (χ4n) is 1.62. The molecule has 3 nitrogen and oxygen atoms in total. The molecule has 1 heterocycles. The average molecular weight is 226 g/mol. The highest BCUT2D eigenvalue weighted by Crippen LogP contribution is 2.29. The molecule has 1 aliphatic carbocycles. The molecule has 0 aromatic carbocycles. The summed E-state index contributed by atoms with van der Waals surface area (Å²) in [5.41, 5.74) is 1.00. The minimum Gasteiger partial charge on any atom is -0.297 e. The van der Waals surface area contributed by atoms with Crippen molar-refractivity contribution >= 4 is 11.6 Å². The lowest BCUT2D eigenvalue weighted by Crippen LogP contribution is -2.25. The molecule has 1 aromatic heterocycles. The monoisotopic (exact) mass is 225 g/mol.